The van der Waals surface area contributed by atoms with Gasteiger partial charge in [0.05, 0.1) is 13.7 Å². The minimum atomic E-state index is -0.621. The zero-order chi connectivity index (χ0) is 13.0. The van der Waals surface area contributed by atoms with Crippen molar-refractivity contribution in [2.24, 2.45) is 0 Å². The maximum absolute atomic E-state index is 11.4. The normalized spacial score (nSPS) is 10.1. The second-order valence-corrected chi connectivity index (χ2v) is 3.37. The molecule has 0 saturated heterocycles. The van der Waals surface area contributed by atoms with Crippen LogP contribution in [0.2, 0.25) is 0 Å². The van der Waals surface area contributed by atoms with Crippen LogP contribution in [0.4, 0.5) is 0 Å². The molecule has 0 radical (unpaired) electrons. The van der Waals surface area contributed by atoms with E-state index in [4.69, 9.17) is 14.0 Å². The average molecular weight is 248 g/mol. The molecule has 6 heteroatoms. The number of benzene rings is 1. The van der Waals surface area contributed by atoms with Crippen molar-refractivity contribution in [3.8, 4) is 17.1 Å². The lowest BCUT2D eigenvalue weighted by Crippen LogP contribution is -2.04. The Labute approximate surface area is 104 Å². The highest BCUT2D eigenvalue weighted by Gasteiger charge is 2.16. The first-order chi connectivity index (χ1) is 8.74. The van der Waals surface area contributed by atoms with Crippen molar-refractivity contribution in [3.63, 3.8) is 0 Å². The smallest absolute Gasteiger partial charge is 0.397 e. The van der Waals surface area contributed by atoms with Crippen LogP contribution in [0.5, 0.6) is 5.75 Å². The Morgan fingerprint density at radius 1 is 1.33 bits per heavy atom. The summed E-state index contributed by atoms with van der Waals surface area (Å²) < 4.78 is 14.6. The molecule has 0 amide bonds. The van der Waals surface area contributed by atoms with Gasteiger partial charge in [-0.05, 0) is 31.2 Å². The summed E-state index contributed by atoms with van der Waals surface area (Å²) >= 11 is 0. The zero-order valence-electron chi connectivity index (χ0n) is 10.0. The highest BCUT2D eigenvalue weighted by atomic mass is 16.6. The van der Waals surface area contributed by atoms with Crippen molar-refractivity contribution in [1.82, 2.24) is 10.1 Å². The lowest BCUT2D eigenvalue weighted by atomic mass is 10.2. The quantitative estimate of drug-likeness (QED) is 0.769. The number of aromatic nitrogens is 2. The molecule has 2 aromatic rings. The summed E-state index contributed by atoms with van der Waals surface area (Å²) in [5.74, 6) is 0.293. The third-order valence-corrected chi connectivity index (χ3v) is 2.22. The highest BCUT2D eigenvalue weighted by molar-refractivity contribution is 5.84. The molecule has 0 spiro atoms. The van der Waals surface area contributed by atoms with Crippen LogP contribution in [0.1, 0.15) is 17.6 Å². The first kappa shape index (κ1) is 12.1. The minimum Gasteiger partial charge on any atom is -0.497 e. The lowest BCUT2D eigenvalue weighted by Gasteiger charge is -1.98. The van der Waals surface area contributed by atoms with Crippen LogP contribution in [-0.2, 0) is 4.74 Å². The maximum atomic E-state index is 11.4. The number of carbonyl (C=O) groups excluding carboxylic acids is 1. The van der Waals surface area contributed by atoms with E-state index in [1.807, 2.05) is 0 Å². The molecule has 0 fully saturated rings. The Morgan fingerprint density at radius 3 is 2.67 bits per heavy atom. The van der Waals surface area contributed by atoms with Gasteiger partial charge in [0.2, 0.25) is 5.82 Å². The number of nitrogens with zero attached hydrogens (tertiary/aromatic N) is 2. The molecule has 6 nitrogen and oxygen atoms in total. The number of hydrogen-bond acceptors (Lipinski definition) is 6. The van der Waals surface area contributed by atoms with Gasteiger partial charge in [-0.3, -0.25) is 0 Å². The number of rotatable bonds is 4. The molecule has 0 saturated carbocycles. The van der Waals surface area contributed by atoms with Gasteiger partial charge in [-0.1, -0.05) is 5.16 Å². The van der Waals surface area contributed by atoms with Gasteiger partial charge in [0, 0.05) is 5.56 Å². The molecular formula is C12H12N2O4. The first-order valence-corrected chi connectivity index (χ1v) is 5.40. The summed E-state index contributed by atoms with van der Waals surface area (Å²) in [6, 6.07) is 7.10. The summed E-state index contributed by atoms with van der Waals surface area (Å²) in [6.45, 7) is 1.97. The van der Waals surface area contributed by atoms with Crippen LogP contribution in [0, 0.1) is 0 Å². The molecule has 0 aliphatic rings. The van der Waals surface area contributed by atoms with E-state index in [2.05, 4.69) is 10.1 Å². The highest BCUT2D eigenvalue weighted by Crippen LogP contribution is 2.19. The molecule has 2 rings (SSSR count). The van der Waals surface area contributed by atoms with Crippen LogP contribution in [0.15, 0.2) is 28.8 Å². The van der Waals surface area contributed by atoms with Gasteiger partial charge in [-0.25, -0.2) is 4.79 Å². The molecule has 1 heterocycles. The molecule has 1 aromatic heterocycles. The van der Waals surface area contributed by atoms with Gasteiger partial charge in [0.25, 0.3) is 0 Å². The monoisotopic (exact) mass is 248 g/mol. The molecular weight excluding hydrogens is 236 g/mol. The van der Waals surface area contributed by atoms with Crippen molar-refractivity contribution < 1.29 is 18.8 Å². The largest absolute Gasteiger partial charge is 0.497 e. The van der Waals surface area contributed by atoms with Crippen molar-refractivity contribution in [2.45, 2.75) is 6.92 Å². The molecule has 0 atom stereocenters. The van der Waals surface area contributed by atoms with Crippen molar-refractivity contribution in [1.29, 1.82) is 0 Å². The molecule has 0 N–H and O–H groups in total. The summed E-state index contributed by atoms with van der Waals surface area (Å²) in [5, 5.41) is 3.72. The van der Waals surface area contributed by atoms with E-state index in [0.29, 0.717) is 5.82 Å². The SMILES string of the molecule is CCOC(=O)c1nc(-c2ccc(OC)cc2)no1. The maximum Gasteiger partial charge on any atom is 0.397 e. The predicted molar refractivity (Wildman–Crippen MR) is 62.2 cm³/mol. The fourth-order valence-electron chi connectivity index (χ4n) is 1.36. The van der Waals surface area contributed by atoms with Crippen LogP contribution >= 0.6 is 0 Å². The third-order valence-electron chi connectivity index (χ3n) is 2.22. The number of methoxy groups -OCH3 is 1. The zero-order valence-corrected chi connectivity index (χ0v) is 10.0. The topological polar surface area (TPSA) is 74.5 Å². The van der Waals surface area contributed by atoms with Crippen molar-refractivity contribution >= 4 is 5.97 Å². The molecule has 0 bridgehead atoms. The van der Waals surface area contributed by atoms with E-state index in [0.717, 1.165) is 11.3 Å². The van der Waals surface area contributed by atoms with E-state index in [1.54, 1.807) is 38.3 Å². The molecule has 0 unspecified atom stereocenters. The predicted octanol–water partition coefficient (Wildman–Crippen LogP) is 1.92. The summed E-state index contributed by atoms with van der Waals surface area (Å²) in [5.41, 5.74) is 0.732. The van der Waals surface area contributed by atoms with Gasteiger partial charge in [0.1, 0.15) is 5.75 Å². The Bertz CT molecular complexity index is 533. The fraction of sp³-hybridized carbons (Fsp3) is 0.250. The van der Waals surface area contributed by atoms with Crippen LogP contribution in [0.3, 0.4) is 0 Å². The average Bonchev–Trinajstić information content (AvgIpc) is 2.89. The van der Waals surface area contributed by atoms with E-state index >= 15 is 0 Å². The van der Waals surface area contributed by atoms with Crippen molar-refractivity contribution in [2.75, 3.05) is 13.7 Å². The Morgan fingerprint density at radius 2 is 2.06 bits per heavy atom. The first-order valence-electron chi connectivity index (χ1n) is 5.40. The van der Waals surface area contributed by atoms with Crippen LogP contribution in [-0.4, -0.2) is 29.8 Å². The van der Waals surface area contributed by atoms with Gasteiger partial charge >= 0.3 is 11.9 Å². The fourth-order valence-corrected chi connectivity index (χ4v) is 1.36. The summed E-state index contributed by atoms with van der Waals surface area (Å²) in [4.78, 5) is 15.3. The van der Waals surface area contributed by atoms with Gasteiger partial charge in [-0.15, -0.1) is 0 Å². The molecule has 18 heavy (non-hydrogen) atoms. The second kappa shape index (κ2) is 5.31. The van der Waals surface area contributed by atoms with Crippen LogP contribution in [0.25, 0.3) is 11.4 Å². The minimum absolute atomic E-state index is 0.150. The standard InChI is InChI=1S/C12H12N2O4/c1-3-17-12(15)11-13-10(14-18-11)8-4-6-9(16-2)7-5-8/h4-7H,3H2,1-2H3. The van der Waals surface area contributed by atoms with Gasteiger partial charge in [0.15, 0.2) is 0 Å². The van der Waals surface area contributed by atoms with Gasteiger partial charge < -0.3 is 14.0 Å². The van der Waals surface area contributed by atoms with Crippen LogP contribution < -0.4 is 4.74 Å². The van der Waals surface area contributed by atoms with E-state index in [1.165, 1.54) is 0 Å². The molecule has 0 aliphatic heterocycles. The second-order valence-electron chi connectivity index (χ2n) is 3.37. The van der Waals surface area contributed by atoms with E-state index in [-0.39, 0.29) is 12.5 Å². The molecule has 0 aliphatic carbocycles. The van der Waals surface area contributed by atoms with Gasteiger partial charge in [-0.2, -0.15) is 4.98 Å². The Hall–Kier alpha value is -2.37. The Kier molecular flexibility index (Phi) is 3.57. The number of ether oxygens (including phenoxy) is 2. The lowest BCUT2D eigenvalue weighted by molar-refractivity contribution is 0.0470. The van der Waals surface area contributed by atoms with Crippen molar-refractivity contribution in [3.05, 3.63) is 30.2 Å². The van der Waals surface area contributed by atoms with E-state index in [9.17, 15) is 4.79 Å². The molecule has 94 valence electrons. The number of esters is 1. The van der Waals surface area contributed by atoms with E-state index < -0.39 is 5.97 Å². The summed E-state index contributed by atoms with van der Waals surface area (Å²) in [7, 11) is 1.59. The Balaban J connectivity index is 2.20. The third kappa shape index (κ3) is 2.48. The molecule has 1 aromatic carbocycles. The number of carbonyl (C=O) groups is 1. The summed E-state index contributed by atoms with van der Waals surface area (Å²) in [6.07, 6.45) is 0. The number of hydrogen-bond donors (Lipinski definition) is 0.